The highest BCUT2D eigenvalue weighted by molar-refractivity contribution is 5.68. The lowest BCUT2D eigenvalue weighted by Gasteiger charge is -2.34. The van der Waals surface area contributed by atoms with Crippen molar-refractivity contribution in [3.8, 4) is 5.75 Å². The molecule has 0 atom stereocenters. The zero-order chi connectivity index (χ0) is 17.7. The molecular weight excluding hydrogens is 311 g/mol. The second kappa shape index (κ2) is 7.83. The number of hydrogen-bond donors (Lipinski definition) is 1. The number of benzene rings is 1. The molecule has 134 valence electrons. The van der Waals surface area contributed by atoms with Gasteiger partial charge in [-0.05, 0) is 57.7 Å². The molecule has 0 bridgehead atoms. The van der Waals surface area contributed by atoms with Crippen LogP contribution in [0.5, 0.6) is 5.75 Å². The molecule has 0 radical (unpaired) electrons. The number of carbonyl (C=O) groups excluding carboxylic acids is 1. The zero-order valence-electron chi connectivity index (χ0n) is 14.7. The SMILES string of the molecule is CC(C)(C)OC(=O)N1CCC(c2cc(F)ccc2OCCN)CC1. The lowest BCUT2D eigenvalue weighted by atomic mass is 9.89. The molecule has 0 aliphatic carbocycles. The normalized spacial score (nSPS) is 16.1. The maximum Gasteiger partial charge on any atom is 0.410 e. The predicted octanol–water partition coefficient (Wildman–Crippen LogP) is 3.28. The summed E-state index contributed by atoms with van der Waals surface area (Å²) in [4.78, 5) is 13.8. The van der Waals surface area contributed by atoms with Gasteiger partial charge in [0.15, 0.2) is 0 Å². The maximum absolute atomic E-state index is 13.7. The molecule has 0 saturated carbocycles. The van der Waals surface area contributed by atoms with Crippen LogP contribution in [0.1, 0.15) is 45.1 Å². The highest BCUT2D eigenvalue weighted by atomic mass is 19.1. The van der Waals surface area contributed by atoms with E-state index >= 15 is 0 Å². The quantitative estimate of drug-likeness (QED) is 0.915. The minimum Gasteiger partial charge on any atom is -0.492 e. The summed E-state index contributed by atoms with van der Waals surface area (Å²) in [5, 5.41) is 0. The van der Waals surface area contributed by atoms with Crippen molar-refractivity contribution in [1.82, 2.24) is 4.90 Å². The minimum atomic E-state index is -0.500. The molecule has 0 spiro atoms. The number of nitrogens with zero attached hydrogens (tertiary/aromatic N) is 1. The van der Waals surface area contributed by atoms with Crippen molar-refractivity contribution in [3.05, 3.63) is 29.6 Å². The number of piperidine rings is 1. The summed E-state index contributed by atoms with van der Waals surface area (Å²) in [6, 6.07) is 4.57. The highest BCUT2D eigenvalue weighted by Gasteiger charge is 2.28. The van der Waals surface area contributed by atoms with Crippen molar-refractivity contribution < 1.29 is 18.7 Å². The number of likely N-dealkylation sites (tertiary alicyclic amines) is 1. The fourth-order valence-electron chi connectivity index (χ4n) is 2.84. The average Bonchev–Trinajstić information content (AvgIpc) is 2.52. The minimum absolute atomic E-state index is 0.159. The molecule has 2 rings (SSSR count). The lowest BCUT2D eigenvalue weighted by molar-refractivity contribution is 0.0204. The van der Waals surface area contributed by atoms with E-state index in [0.717, 1.165) is 18.4 Å². The van der Waals surface area contributed by atoms with Gasteiger partial charge >= 0.3 is 6.09 Å². The van der Waals surface area contributed by atoms with Crippen molar-refractivity contribution in [3.63, 3.8) is 0 Å². The molecule has 1 aliphatic heterocycles. The number of amides is 1. The van der Waals surface area contributed by atoms with E-state index in [1.165, 1.54) is 12.1 Å². The summed E-state index contributed by atoms with van der Waals surface area (Å²) < 4.78 is 24.7. The van der Waals surface area contributed by atoms with Gasteiger partial charge in [-0.3, -0.25) is 0 Å². The summed E-state index contributed by atoms with van der Waals surface area (Å²) in [6.45, 7) is 7.55. The Morgan fingerprint density at radius 3 is 2.58 bits per heavy atom. The van der Waals surface area contributed by atoms with Crippen LogP contribution in [-0.2, 0) is 4.74 Å². The third kappa shape index (κ3) is 5.09. The third-order valence-corrected chi connectivity index (χ3v) is 3.93. The van der Waals surface area contributed by atoms with E-state index in [4.69, 9.17) is 15.2 Å². The highest BCUT2D eigenvalue weighted by Crippen LogP contribution is 2.35. The van der Waals surface area contributed by atoms with Crippen LogP contribution >= 0.6 is 0 Å². The first-order valence-electron chi connectivity index (χ1n) is 8.40. The van der Waals surface area contributed by atoms with Crippen LogP contribution < -0.4 is 10.5 Å². The van der Waals surface area contributed by atoms with Crippen LogP contribution in [-0.4, -0.2) is 42.8 Å². The topological polar surface area (TPSA) is 64.8 Å². The van der Waals surface area contributed by atoms with Gasteiger partial charge < -0.3 is 20.1 Å². The summed E-state index contributed by atoms with van der Waals surface area (Å²) in [5.74, 6) is 0.560. The van der Waals surface area contributed by atoms with Gasteiger partial charge in [0.1, 0.15) is 23.8 Å². The fraction of sp³-hybridized carbons (Fsp3) is 0.611. The van der Waals surface area contributed by atoms with Gasteiger partial charge in [-0.2, -0.15) is 0 Å². The molecule has 2 N–H and O–H groups in total. The number of hydrogen-bond acceptors (Lipinski definition) is 4. The molecule has 1 aliphatic rings. The molecule has 0 aromatic heterocycles. The number of ether oxygens (including phenoxy) is 2. The first kappa shape index (κ1) is 18.5. The summed E-state index contributed by atoms with van der Waals surface area (Å²) >= 11 is 0. The van der Waals surface area contributed by atoms with Crippen molar-refractivity contribution in [1.29, 1.82) is 0 Å². The Labute approximate surface area is 142 Å². The van der Waals surface area contributed by atoms with E-state index in [-0.39, 0.29) is 17.8 Å². The molecule has 1 saturated heterocycles. The van der Waals surface area contributed by atoms with Gasteiger partial charge in [-0.1, -0.05) is 0 Å². The van der Waals surface area contributed by atoms with E-state index in [9.17, 15) is 9.18 Å². The molecular formula is C18H27FN2O3. The van der Waals surface area contributed by atoms with E-state index in [2.05, 4.69) is 0 Å². The largest absolute Gasteiger partial charge is 0.492 e. The molecule has 1 amide bonds. The van der Waals surface area contributed by atoms with E-state index in [1.54, 1.807) is 11.0 Å². The average molecular weight is 338 g/mol. The Hall–Kier alpha value is -1.82. The molecule has 1 aromatic carbocycles. The summed E-state index contributed by atoms with van der Waals surface area (Å²) in [7, 11) is 0. The molecule has 0 unspecified atom stereocenters. The standard InChI is InChI=1S/C18H27FN2O3/c1-18(2,3)24-17(22)21-9-6-13(7-10-21)15-12-14(19)4-5-16(15)23-11-8-20/h4-5,12-13H,6-11,20H2,1-3H3. The molecule has 5 nitrogen and oxygen atoms in total. The van der Waals surface area contributed by atoms with Crippen LogP contribution in [0.4, 0.5) is 9.18 Å². The molecule has 1 aromatic rings. The van der Waals surface area contributed by atoms with Crippen LogP contribution in [0.3, 0.4) is 0 Å². The van der Waals surface area contributed by atoms with Gasteiger partial charge in [0.2, 0.25) is 0 Å². The predicted molar refractivity (Wildman–Crippen MR) is 90.7 cm³/mol. The maximum atomic E-state index is 13.7. The lowest BCUT2D eigenvalue weighted by Crippen LogP contribution is -2.41. The number of carbonyl (C=O) groups is 1. The Morgan fingerprint density at radius 1 is 1.33 bits per heavy atom. The van der Waals surface area contributed by atoms with Gasteiger partial charge in [0.05, 0.1) is 0 Å². The van der Waals surface area contributed by atoms with Gasteiger partial charge in [-0.15, -0.1) is 0 Å². The van der Waals surface area contributed by atoms with E-state index < -0.39 is 5.60 Å². The van der Waals surface area contributed by atoms with Crippen LogP contribution in [0.15, 0.2) is 18.2 Å². The Bertz CT molecular complexity index is 564. The van der Waals surface area contributed by atoms with Gasteiger partial charge in [-0.25, -0.2) is 9.18 Å². The molecule has 1 heterocycles. The van der Waals surface area contributed by atoms with Gasteiger partial charge in [0.25, 0.3) is 0 Å². The Balaban J connectivity index is 2.01. The Morgan fingerprint density at radius 2 is 2.00 bits per heavy atom. The number of halogens is 1. The van der Waals surface area contributed by atoms with E-state index in [1.807, 2.05) is 20.8 Å². The van der Waals surface area contributed by atoms with Crippen molar-refractivity contribution >= 4 is 6.09 Å². The molecule has 1 fully saturated rings. The fourth-order valence-corrected chi connectivity index (χ4v) is 2.84. The summed E-state index contributed by atoms with van der Waals surface area (Å²) in [5.41, 5.74) is 5.83. The summed E-state index contributed by atoms with van der Waals surface area (Å²) in [6.07, 6.45) is 1.21. The third-order valence-electron chi connectivity index (χ3n) is 3.93. The monoisotopic (exact) mass is 338 g/mol. The first-order chi connectivity index (χ1) is 11.3. The molecule has 24 heavy (non-hydrogen) atoms. The smallest absolute Gasteiger partial charge is 0.410 e. The van der Waals surface area contributed by atoms with Crippen molar-refractivity contribution in [2.75, 3.05) is 26.2 Å². The van der Waals surface area contributed by atoms with Gasteiger partial charge in [0, 0.05) is 25.2 Å². The zero-order valence-corrected chi connectivity index (χ0v) is 14.7. The second-order valence-electron chi connectivity index (χ2n) is 7.06. The number of rotatable bonds is 4. The molecule has 6 heteroatoms. The Kier molecular flexibility index (Phi) is 6.04. The first-order valence-corrected chi connectivity index (χ1v) is 8.40. The van der Waals surface area contributed by atoms with Crippen molar-refractivity contribution in [2.45, 2.75) is 45.1 Å². The number of nitrogens with two attached hydrogens (primary N) is 1. The second-order valence-corrected chi connectivity index (χ2v) is 7.06. The van der Waals surface area contributed by atoms with E-state index in [0.29, 0.717) is 32.0 Å². The van der Waals surface area contributed by atoms with Crippen LogP contribution in [0, 0.1) is 5.82 Å². The van der Waals surface area contributed by atoms with Crippen LogP contribution in [0.25, 0.3) is 0 Å². The van der Waals surface area contributed by atoms with Crippen molar-refractivity contribution in [2.24, 2.45) is 5.73 Å². The van der Waals surface area contributed by atoms with Crippen LogP contribution in [0.2, 0.25) is 0 Å².